The van der Waals surface area contributed by atoms with E-state index in [1.54, 1.807) is 30.5 Å². The maximum absolute atomic E-state index is 12.4. The van der Waals surface area contributed by atoms with Crippen LogP contribution in [0.15, 0.2) is 47.5 Å². The first-order chi connectivity index (χ1) is 11.4. The number of amides is 2. The highest BCUT2D eigenvalue weighted by Crippen LogP contribution is 2.29. The van der Waals surface area contributed by atoms with Crippen molar-refractivity contribution in [2.24, 2.45) is 0 Å². The van der Waals surface area contributed by atoms with Crippen LogP contribution >= 0.6 is 0 Å². The molecule has 0 unspecified atom stereocenters. The number of benzene rings is 1. The Morgan fingerprint density at radius 1 is 1.25 bits per heavy atom. The van der Waals surface area contributed by atoms with Gasteiger partial charge in [0, 0.05) is 19.2 Å². The Morgan fingerprint density at radius 3 is 2.71 bits per heavy atom. The predicted molar refractivity (Wildman–Crippen MR) is 86.9 cm³/mol. The Balaban J connectivity index is 1.69. The van der Waals surface area contributed by atoms with Crippen molar-refractivity contribution in [3.8, 4) is 0 Å². The van der Waals surface area contributed by atoms with Crippen molar-refractivity contribution < 1.29 is 18.0 Å². The van der Waals surface area contributed by atoms with Crippen molar-refractivity contribution in [1.29, 1.82) is 0 Å². The second-order valence-corrected chi connectivity index (χ2v) is 7.23. The lowest BCUT2D eigenvalue weighted by Gasteiger charge is -2.14. The first-order valence-electron chi connectivity index (χ1n) is 7.28. The number of pyridine rings is 1. The van der Waals surface area contributed by atoms with Crippen LogP contribution in [0.3, 0.4) is 0 Å². The smallest absolute Gasteiger partial charge is 0.269 e. The molecule has 1 aromatic carbocycles. The van der Waals surface area contributed by atoms with Gasteiger partial charge in [-0.2, -0.15) is 0 Å². The molecule has 0 fully saturated rings. The van der Waals surface area contributed by atoms with Gasteiger partial charge >= 0.3 is 0 Å². The normalized spacial score (nSPS) is 15.2. The van der Waals surface area contributed by atoms with Crippen molar-refractivity contribution in [2.45, 2.75) is 18.2 Å². The number of hydrogen-bond acceptors (Lipinski definition) is 5. The van der Waals surface area contributed by atoms with Crippen molar-refractivity contribution in [3.63, 3.8) is 0 Å². The Bertz CT molecular complexity index is 924. The van der Waals surface area contributed by atoms with Crippen molar-refractivity contribution in [3.05, 3.63) is 53.7 Å². The lowest BCUT2D eigenvalue weighted by atomic mass is 10.2. The molecule has 7 nitrogen and oxygen atoms in total. The zero-order valence-electron chi connectivity index (χ0n) is 12.9. The number of aryl methyl sites for hydroxylation is 1. The largest absolute Gasteiger partial charge is 0.311 e. The van der Waals surface area contributed by atoms with Gasteiger partial charge in [0.05, 0.1) is 5.56 Å². The van der Waals surface area contributed by atoms with Gasteiger partial charge in [0.2, 0.25) is 5.91 Å². The van der Waals surface area contributed by atoms with E-state index in [-0.39, 0.29) is 23.4 Å². The molecule has 124 valence electrons. The quantitative estimate of drug-likeness (QED) is 0.907. The van der Waals surface area contributed by atoms with Crippen LogP contribution in [-0.2, 0) is 14.8 Å². The molecule has 2 heterocycles. The number of carbonyl (C=O) groups excluding carboxylic acids is 2. The lowest BCUT2D eigenvalue weighted by molar-refractivity contribution is -0.116. The SMILES string of the molecule is Cc1ccnc(NC(=O)CCN2C(=O)c3ccccc3S2(=O)=O)c1. The summed E-state index contributed by atoms with van der Waals surface area (Å²) in [6, 6.07) is 9.51. The Hall–Kier alpha value is -2.74. The van der Waals surface area contributed by atoms with Crippen LogP contribution in [-0.4, -0.2) is 36.1 Å². The van der Waals surface area contributed by atoms with Crippen LogP contribution in [0.5, 0.6) is 0 Å². The molecular formula is C16H15N3O4S. The molecule has 8 heteroatoms. The molecule has 0 saturated heterocycles. The molecule has 0 atom stereocenters. The van der Waals surface area contributed by atoms with Crippen LogP contribution < -0.4 is 5.32 Å². The Morgan fingerprint density at radius 2 is 2.00 bits per heavy atom. The van der Waals surface area contributed by atoms with Gasteiger partial charge in [-0.05, 0) is 36.8 Å². The number of nitrogens with zero attached hydrogens (tertiary/aromatic N) is 2. The van der Waals surface area contributed by atoms with Gasteiger partial charge in [-0.25, -0.2) is 17.7 Å². The highest BCUT2D eigenvalue weighted by molar-refractivity contribution is 7.90. The van der Waals surface area contributed by atoms with Crippen LogP contribution in [0, 0.1) is 6.92 Å². The van der Waals surface area contributed by atoms with Gasteiger partial charge in [0.15, 0.2) is 0 Å². The van der Waals surface area contributed by atoms with Gasteiger partial charge in [-0.15, -0.1) is 0 Å². The minimum absolute atomic E-state index is 0.0178. The Labute approximate surface area is 139 Å². The summed E-state index contributed by atoms with van der Waals surface area (Å²) in [5, 5.41) is 2.59. The van der Waals surface area contributed by atoms with Crippen LogP contribution in [0.4, 0.5) is 5.82 Å². The summed E-state index contributed by atoms with van der Waals surface area (Å²) >= 11 is 0. The van der Waals surface area contributed by atoms with Crippen molar-refractivity contribution in [2.75, 3.05) is 11.9 Å². The third-order valence-electron chi connectivity index (χ3n) is 3.64. The second-order valence-electron chi connectivity index (χ2n) is 5.40. The summed E-state index contributed by atoms with van der Waals surface area (Å²) in [5.41, 5.74) is 1.08. The number of fused-ring (bicyclic) bond motifs is 1. The average molecular weight is 345 g/mol. The number of nitrogens with one attached hydrogen (secondary N) is 1. The van der Waals surface area contributed by atoms with E-state index >= 15 is 0 Å². The minimum Gasteiger partial charge on any atom is -0.311 e. The van der Waals surface area contributed by atoms with E-state index in [1.165, 1.54) is 12.1 Å². The lowest BCUT2D eigenvalue weighted by Crippen LogP contribution is -2.33. The zero-order valence-corrected chi connectivity index (χ0v) is 13.7. The first kappa shape index (κ1) is 16.1. The minimum atomic E-state index is -3.88. The van der Waals surface area contributed by atoms with E-state index in [2.05, 4.69) is 10.3 Å². The van der Waals surface area contributed by atoms with Crippen molar-refractivity contribution >= 4 is 27.7 Å². The van der Waals surface area contributed by atoms with E-state index in [1.807, 2.05) is 6.92 Å². The maximum atomic E-state index is 12.4. The average Bonchev–Trinajstić information content (AvgIpc) is 2.73. The fraction of sp³-hybridized carbons (Fsp3) is 0.188. The van der Waals surface area contributed by atoms with Gasteiger partial charge in [0.25, 0.3) is 15.9 Å². The number of anilines is 1. The van der Waals surface area contributed by atoms with E-state index in [0.717, 1.165) is 9.87 Å². The van der Waals surface area contributed by atoms with Crippen LogP contribution in [0.25, 0.3) is 0 Å². The molecule has 1 N–H and O–H groups in total. The molecular weight excluding hydrogens is 330 g/mol. The second kappa shape index (κ2) is 6.04. The summed E-state index contributed by atoms with van der Waals surface area (Å²) in [5.74, 6) is -0.627. The number of hydrogen-bond donors (Lipinski definition) is 1. The summed E-state index contributed by atoms with van der Waals surface area (Å²) in [6.45, 7) is 1.65. The topological polar surface area (TPSA) is 96.4 Å². The molecule has 2 aromatic rings. The van der Waals surface area contributed by atoms with Crippen molar-refractivity contribution in [1.82, 2.24) is 9.29 Å². The molecule has 1 aliphatic rings. The molecule has 0 spiro atoms. The van der Waals surface area contributed by atoms with Gasteiger partial charge in [-0.1, -0.05) is 12.1 Å². The highest BCUT2D eigenvalue weighted by Gasteiger charge is 2.40. The zero-order chi connectivity index (χ0) is 17.3. The molecule has 3 rings (SSSR count). The van der Waals surface area contributed by atoms with E-state index in [9.17, 15) is 18.0 Å². The molecule has 1 aromatic heterocycles. The van der Waals surface area contributed by atoms with E-state index < -0.39 is 21.8 Å². The first-order valence-corrected chi connectivity index (χ1v) is 8.72. The van der Waals surface area contributed by atoms with E-state index in [0.29, 0.717) is 5.82 Å². The fourth-order valence-electron chi connectivity index (χ4n) is 2.47. The third kappa shape index (κ3) is 2.88. The maximum Gasteiger partial charge on any atom is 0.269 e. The summed E-state index contributed by atoms with van der Waals surface area (Å²) in [4.78, 5) is 28.2. The van der Waals surface area contributed by atoms with Gasteiger partial charge < -0.3 is 5.32 Å². The number of aromatic nitrogens is 1. The Kier molecular flexibility index (Phi) is 4.06. The molecule has 0 radical (unpaired) electrons. The summed E-state index contributed by atoms with van der Waals surface area (Å²) in [6.07, 6.45) is 1.42. The van der Waals surface area contributed by atoms with Gasteiger partial charge in [-0.3, -0.25) is 9.59 Å². The molecule has 1 aliphatic heterocycles. The summed E-state index contributed by atoms with van der Waals surface area (Å²) in [7, 11) is -3.88. The van der Waals surface area contributed by atoms with Crippen LogP contribution in [0.1, 0.15) is 22.3 Å². The molecule has 24 heavy (non-hydrogen) atoms. The fourth-order valence-corrected chi connectivity index (χ4v) is 4.03. The number of carbonyl (C=O) groups is 2. The monoisotopic (exact) mass is 345 g/mol. The van der Waals surface area contributed by atoms with E-state index in [4.69, 9.17) is 0 Å². The molecule has 0 aliphatic carbocycles. The number of rotatable bonds is 4. The third-order valence-corrected chi connectivity index (χ3v) is 5.48. The van der Waals surface area contributed by atoms with Gasteiger partial charge in [0.1, 0.15) is 10.7 Å². The van der Waals surface area contributed by atoms with Crippen LogP contribution in [0.2, 0.25) is 0 Å². The molecule has 0 bridgehead atoms. The molecule has 0 saturated carbocycles. The standard InChI is InChI=1S/C16H15N3O4S/c1-11-6-8-17-14(10-11)18-15(20)7-9-19-16(21)12-4-2-3-5-13(12)24(19,22)23/h2-6,8,10H,7,9H2,1H3,(H,17,18,20). The summed E-state index contributed by atoms with van der Waals surface area (Å²) < 4.78 is 25.5. The highest BCUT2D eigenvalue weighted by atomic mass is 32.2. The number of sulfonamides is 1. The predicted octanol–water partition coefficient (Wildman–Crippen LogP) is 1.56. The molecule has 2 amide bonds.